The summed E-state index contributed by atoms with van der Waals surface area (Å²) >= 11 is 1.35. The molecule has 1 aromatic rings. The van der Waals surface area contributed by atoms with Crippen LogP contribution in [-0.2, 0) is 11.3 Å². The fourth-order valence-corrected chi connectivity index (χ4v) is 1.92. The van der Waals surface area contributed by atoms with Gasteiger partial charge in [0.2, 0.25) is 5.91 Å². The maximum atomic E-state index is 10.9. The molecule has 0 bridgehead atoms. The van der Waals surface area contributed by atoms with Crippen molar-refractivity contribution in [1.29, 1.82) is 0 Å². The molecule has 2 rings (SSSR count). The second-order valence-corrected chi connectivity index (χ2v) is 3.94. The number of amides is 1. The molecule has 0 aromatic carbocycles. The monoisotopic (exact) mass is 212 g/mol. The van der Waals surface area contributed by atoms with Crippen LogP contribution in [0.15, 0.2) is 5.38 Å². The molecule has 1 atom stereocenters. The molecule has 0 spiro atoms. The molecule has 1 fully saturated rings. The van der Waals surface area contributed by atoms with Crippen molar-refractivity contribution in [3.05, 3.63) is 11.1 Å². The number of carbonyl (C=O) groups excluding carboxylic acids is 1. The fraction of sp³-hybridized carbons (Fsp3) is 0.625. The molecule has 76 valence electrons. The van der Waals surface area contributed by atoms with Gasteiger partial charge < -0.3 is 10.6 Å². The van der Waals surface area contributed by atoms with E-state index in [2.05, 4.69) is 20.2 Å². The number of hydrogen-bond acceptors (Lipinski definition) is 5. The molecule has 1 saturated heterocycles. The Balaban J connectivity index is 1.66. The molecule has 1 amide bonds. The van der Waals surface area contributed by atoms with Crippen LogP contribution in [0, 0.1) is 0 Å². The van der Waals surface area contributed by atoms with Gasteiger partial charge in [0.05, 0.1) is 5.69 Å². The first kappa shape index (κ1) is 9.54. The van der Waals surface area contributed by atoms with Gasteiger partial charge in [-0.05, 0) is 18.0 Å². The number of aromatic nitrogens is 2. The Hall–Kier alpha value is -1.01. The number of hydrogen-bond donors (Lipinski definition) is 2. The van der Waals surface area contributed by atoms with Crippen molar-refractivity contribution in [1.82, 2.24) is 20.2 Å². The molecule has 14 heavy (non-hydrogen) atoms. The Bertz CT molecular complexity index is 300. The molecule has 0 radical (unpaired) electrons. The van der Waals surface area contributed by atoms with E-state index in [1.165, 1.54) is 11.5 Å². The van der Waals surface area contributed by atoms with Crippen molar-refractivity contribution < 1.29 is 4.79 Å². The van der Waals surface area contributed by atoms with Gasteiger partial charge in [-0.3, -0.25) is 4.79 Å². The first-order chi connectivity index (χ1) is 6.84. The van der Waals surface area contributed by atoms with Gasteiger partial charge in [0.1, 0.15) is 0 Å². The van der Waals surface area contributed by atoms with E-state index >= 15 is 0 Å². The van der Waals surface area contributed by atoms with E-state index in [1.807, 2.05) is 5.38 Å². The summed E-state index contributed by atoms with van der Waals surface area (Å²) in [7, 11) is 0. The highest BCUT2D eigenvalue weighted by atomic mass is 32.1. The summed E-state index contributed by atoms with van der Waals surface area (Å²) in [6, 6.07) is 0.286. The Morgan fingerprint density at radius 2 is 2.64 bits per heavy atom. The minimum Gasteiger partial charge on any atom is -0.352 e. The molecule has 2 heterocycles. The van der Waals surface area contributed by atoms with E-state index in [0.717, 1.165) is 25.2 Å². The van der Waals surface area contributed by atoms with Crippen LogP contribution >= 0.6 is 11.5 Å². The first-order valence-corrected chi connectivity index (χ1v) is 5.44. The number of rotatable bonds is 4. The molecule has 2 N–H and O–H groups in total. The van der Waals surface area contributed by atoms with E-state index in [0.29, 0.717) is 6.42 Å². The zero-order valence-electron chi connectivity index (χ0n) is 7.69. The van der Waals surface area contributed by atoms with E-state index in [1.54, 1.807) is 0 Å². The average molecular weight is 212 g/mol. The molecular weight excluding hydrogens is 200 g/mol. The maximum Gasteiger partial charge on any atom is 0.220 e. The van der Waals surface area contributed by atoms with E-state index < -0.39 is 0 Å². The van der Waals surface area contributed by atoms with Crippen LogP contribution in [-0.4, -0.2) is 28.1 Å². The lowest BCUT2D eigenvalue weighted by molar-refractivity contribution is -0.119. The highest BCUT2D eigenvalue weighted by Gasteiger charge is 2.19. The van der Waals surface area contributed by atoms with Crippen molar-refractivity contribution in [2.45, 2.75) is 25.4 Å². The van der Waals surface area contributed by atoms with E-state index in [9.17, 15) is 4.79 Å². The summed E-state index contributed by atoms with van der Waals surface area (Å²) < 4.78 is 3.77. The Kier molecular flexibility index (Phi) is 3.05. The van der Waals surface area contributed by atoms with Crippen LogP contribution in [0.5, 0.6) is 0 Å². The minimum atomic E-state index is 0.159. The summed E-state index contributed by atoms with van der Waals surface area (Å²) in [5.74, 6) is 0.159. The lowest BCUT2D eigenvalue weighted by Gasteiger charge is -2.09. The Labute approximate surface area is 86.1 Å². The fourth-order valence-electron chi connectivity index (χ4n) is 1.47. The van der Waals surface area contributed by atoms with Crippen LogP contribution in [0.3, 0.4) is 0 Å². The summed E-state index contributed by atoms with van der Waals surface area (Å²) in [5, 5.41) is 12.0. The van der Waals surface area contributed by atoms with Crippen molar-refractivity contribution >= 4 is 17.4 Å². The van der Waals surface area contributed by atoms with Crippen molar-refractivity contribution in [2.75, 3.05) is 6.54 Å². The van der Waals surface area contributed by atoms with Crippen molar-refractivity contribution in [2.24, 2.45) is 0 Å². The molecule has 6 heteroatoms. The second kappa shape index (κ2) is 4.47. The lowest BCUT2D eigenvalue weighted by atomic mass is 10.2. The third-order valence-corrected chi connectivity index (χ3v) is 2.74. The van der Waals surface area contributed by atoms with Crippen LogP contribution in [0.4, 0.5) is 0 Å². The van der Waals surface area contributed by atoms with E-state index in [4.69, 9.17) is 0 Å². The SMILES string of the molecule is O=C1CCC(CNCc2csnn2)N1. The van der Waals surface area contributed by atoms with E-state index in [-0.39, 0.29) is 11.9 Å². The Morgan fingerprint density at radius 3 is 3.29 bits per heavy atom. The quantitative estimate of drug-likeness (QED) is 0.732. The molecule has 0 saturated carbocycles. The van der Waals surface area contributed by atoms with Crippen molar-refractivity contribution in [3.63, 3.8) is 0 Å². The molecule has 5 nitrogen and oxygen atoms in total. The topological polar surface area (TPSA) is 66.9 Å². The predicted octanol–water partition coefficient (Wildman–Crippen LogP) is -0.0937. The largest absolute Gasteiger partial charge is 0.352 e. The summed E-state index contributed by atoms with van der Waals surface area (Å²) in [4.78, 5) is 10.9. The first-order valence-electron chi connectivity index (χ1n) is 4.60. The van der Waals surface area contributed by atoms with Gasteiger partial charge >= 0.3 is 0 Å². The zero-order valence-corrected chi connectivity index (χ0v) is 8.51. The summed E-state index contributed by atoms with van der Waals surface area (Å²) in [6.07, 6.45) is 1.59. The molecule has 1 unspecified atom stereocenters. The van der Waals surface area contributed by atoms with Crippen LogP contribution in [0.25, 0.3) is 0 Å². The minimum absolute atomic E-state index is 0.159. The van der Waals surface area contributed by atoms with Gasteiger partial charge in [-0.2, -0.15) is 0 Å². The van der Waals surface area contributed by atoms with Gasteiger partial charge in [0.15, 0.2) is 0 Å². The third-order valence-electron chi connectivity index (χ3n) is 2.19. The van der Waals surface area contributed by atoms with Gasteiger partial charge in [0, 0.05) is 30.9 Å². The number of carbonyl (C=O) groups is 1. The van der Waals surface area contributed by atoms with Gasteiger partial charge in [-0.15, -0.1) is 5.10 Å². The smallest absolute Gasteiger partial charge is 0.220 e. The molecular formula is C8H12N4OS. The molecule has 0 aliphatic carbocycles. The molecule has 1 aliphatic heterocycles. The zero-order chi connectivity index (χ0) is 9.80. The average Bonchev–Trinajstić information content (AvgIpc) is 2.77. The summed E-state index contributed by atoms with van der Waals surface area (Å²) in [5.41, 5.74) is 0.958. The van der Waals surface area contributed by atoms with Gasteiger partial charge in [0.25, 0.3) is 0 Å². The van der Waals surface area contributed by atoms with Gasteiger partial charge in [-0.25, -0.2) is 0 Å². The second-order valence-electron chi connectivity index (χ2n) is 3.33. The number of nitrogens with zero attached hydrogens (tertiary/aromatic N) is 2. The van der Waals surface area contributed by atoms with Crippen LogP contribution in [0.1, 0.15) is 18.5 Å². The van der Waals surface area contributed by atoms with Crippen LogP contribution in [0.2, 0.25) is 0 Å². The Morgan fingerprint density at radius 1 is 1.71 bits per heavy atom. The number of nitrogens with one attached hydrogen (secondary N) is 2. The standard InChI is InChI=1S/C8H12N4OS/c13-8-2-1-6(10-8)3-9-4-7-5-14-12-11-7/h5-6,9H,1-4H2,(H,10,13). The highest BCUT2D eigenvalue weighted by molar-refractivity contribution is 7.03. The molecule has 1 aliphatic rings. The normalized spacial score (nSPS) is 21.1. The molecule has 1 aromatic heterocycles. The van der Waals surface area contributed by atoms with Gasteiger partial charge in [-0.1, -0.05) is 4.49 Å². The highest BCUT2D eigenvalue weighted by Crippen LogP contribution is 2.05. The lowest BCUT2D eigenvalue weighted by Crippen LogP contribution is -2.35. The maximum absolute atomic E-state index is 10.9. The third kappa shape index (κ3) is 2.49. The summed E-state index contributed by atoms with van der Waals surface area (Å²) in [6.45, 7) is 1.53. The predicted molar refractivity (Wildman–Crippen MR) is 52.8 cm³/mol. The van der Waals surface area contributed by atoms with Crippen molar-refractivity contribution in [3.8, 4) is 0 Å². The van der Waals surface area contributed by atoms with Crippen LogP contribution < -0.4 is 10.6 Å².